The lowest BCUT2D eigenvalue weighted by atomic mass is 10.1. The predicted octanol–water partition coefficient (Wildman–Crippen LogP) is 0.934. The van der Waals surface area contributed by atoms with Crippen molar-refractivity contribution in [1.82, 2.24) is 24.4 Å². The molecule has 3 heterocycles. The number of nitrogens with zero attached hydrogens (tertiary/aromatic N) is 4. The third-order valence-corrected chi connectivity index (χ3v) is 4.97. The summed E-state index contributed by atoms with van der Waals surface area (Å²) in [6, 6.07) is 6.36. The van der Waals surface area contributed by atoms with Gasteiger partial charge in [0.15, 0.2) is 0 Å². The predicted molar refractivity (Wildman–Crippen MR) is 99.4 cm³/mol. The number of nitrogens with one attached hydrogen (secondary N) is 1. The highest BCUT2D eigenvalue weighted by Gasteiger charge is 2.28. The molecule has 1 atom stereocenters. The van der Waals surface area contributed by atoms with E-state index in [1.165, 1.54) is 10.9 Å². The number of amides is 1. The lowest BCUT2D eigenvalue weighted by molar-refractivity contribution is -0.135. The van der Waals surface area contributed by atoms with Crippen molar-refractivity contribution in [2.75, 3.05) is 6.54 Å². The molecule has 0 bridgehead atoms. The van der Waals surface area contributed by atoms with Gasteiger partial charge in [0, 0.05) is 12.1 Å². The maximum atomic E-state index is 13.0. The quantitative estimate of drug-likeness (QED) is 0.728. The Bertz CT molecular complexity index is 1160. The second-order valence-corrected chi connectivity index (χ2v) is 6.74. The first-order valence-electron chi connectivity index (χ1n) is 8.79. The zero-order valence-electron chi connectivity index (χ0n) is 15.1. The van der Waals surface area contributed by atoms with Gasteiger partial charge in [0.05, 0.1) is 29.5 Å². The molecule has 0 saturated heterocycles. The lowest BCUT2D eigenvalue weighted by Gasteiger charge is -2.30. The van der Waals surface area contributed by atoms with E-state index in [0.717, 1.165) is 0 Å². The fourth-order valence-corrected chi connectivity index (χ4v) is 3.49. The Kier molecular flexibility index (Phi) is 4.10. The summed E-state index contributed by atoms with van der Waals surface area (Å²) in [5.74, 6) is 0.329. The van der Waals surface area contributed by atoms with Gasteiger partial charge in [-0.1, -0.05) is 12.1 Å². The van der Waals surface area contributed by atoms with Crippen molar-refractivity contribution in [2.24, 2.45) is 0 Å². The minimum Gasteiger partial charge on any atom is -0.335 e. The zero-order chi connectivity index (χ0) is 19.1. The normalized spacial score (nSPS) is 14.8. The van der Waals surface area contributed by atoms with Crippen LogP contribution in [0.2, 0.25) is 0 Å². The second kappa shape index (κ2) is 6.46. The van der Waals surface area contributed by atoms with E-state index < -0.39 is 6.04 Å². The fourth-order valence-electron chi connectivity index (χ4n) is 3.49. The van der Waals surface area contributed by atoms with E-state index in [9.17, 15) is 14.4 Å². The molecular formula is C19H19N5O3. The average molecular weight is 365 g/mol. The van der Waals surface area contributed by atoms with E-state index >= 15 is 0 Å². The summed E-state index contributed by atoms with van der Waals surface area (Å²) in [5, 5.41) is 0.479. The number of aromatic amines is 1. The summed E-state index contributed by atoms with van der Waals surface area (Å²) < 4.78 is 1.36. The Morgan fingerprint density at radius 1 is 1.26 bits per heavy atom. The second-order valence-electron chi connectivity index (χ2n) is 6.74. The number of aryl methyl sites for hydroxylation is 1. The fraction of sp³-hybridized carbons (Fsp3) is 0.316. The molecular weight excluding hydrogens is 346 g/mol. The number of para-hydroxylation sites is 1. The lowest BCUT2D eigenvalue weighted by Crippen LogP contribution is -2.43. The standard InChI is InChI=1S/C19H19N5O3/c1-11(24-10-20-15-6-4-3-5-14(15)19(24)27)18(26)23-8-7-13-16(9-23)21-12(2)22-17(13)25/h3-6,10-11H,7-9H2,1-2H3,(H,21,22,25)/t11-/m0/s1. The molecule has 2 aromatic heterocycles. The van der Waals surface area contributed by atoms with Gasteiger partial charge in [0.25, 0.3) is 11.1 Å². The van der Waals surface area contributed by atoms with Gasteiger partial charge in [-0.3, -0.25) is 19.0 Å². The van der Waals surface area contributed by atoms with Crippen LogP contribution in [0.5, 0.6) is 0 Å². The van der Waals surface area contributed by atoms with Gasteiger partial charge in [-0.15, -0.1) is 0 Å². The molecule has 1 amide bonds. The number of fused-ring (bicyclic) bond motifs is 2. The van der Waals surface area contributed by atoms with E-state index in [4.69, 9.17) is 0 Å². The summed E-state index contributed by atoms with van der Waals surface area (Å²) in [4.78, 5) is 50.7. The summed E-state index contributed by atoms with van der Waals surface area (Å²) >= 11 is 0. The van der Waals surface area contributed by atoms with Crippen LogP contribution in [0.15, 0.2) is 40.2 Å². The highest BCUT2D eigenvalue weighted by atomic mass is 16.2. The number of carbonyl (C=O) groups excluding carboxylic acids is 1. The van der Waals surface area contributed by atoms with Gasteiger partial charge in [-0.2, -0.15) is 0 Å². The van der Waals surface area contributed by atoms with Crippen LogP contribution in [0.25, 0.3) is 10.9 Å². The van der Waals surface area contributed by atoms with Crippen LogP contribution in [0, 0.1) is 6.92 Å². The first kappa shape index (κ1) is 17.1. The van der Waals surface area contributed by atoms with Crippen LogP contribution in [0.4, 0.5) is 0 Å². The van der Waals surface area contributed by atoms with E-state index in [2.05, 4.69) is 15.0 Å². The zero-order valence-corrected chi connectivity index (χ0v) is 15.1. The van der Waals surface area contributed by atoms with Gasteiger partial charge in [-0.25, -0.2) is 9.97 Å². The molecule has 1 aromatic carbocycles. The number of hydrogen-bond donors (Lipinski definition) is 1. The number of carbonyl (C=O) groups is 1. The number of benzene rings is 1. The SMILES string of the molecule is Cc1nc2c(c(=O)[nH]1)CCN(C(=O)[C@H](C)n1cnc3ccccc3c1=O)C2. The molecule has 0 saturated carbocycles. The van der Waals surface area contributed by atoms with E-state index in [1.807, 2.05) is 6.07 Å². The van der Waals surface area contributed by atoms with Crippen molar-refractivity contribution >= 4 is 16.8 Å². The molecule has 1 aliphatic rings. The van der Waals surface area contributed by atoms with Crippen molar-refractivity contribution < 1.29 is 4.79 Å². The molecule has 138 valence electrons. The smallest absolute Gasteiger partial charge is 0.261 e. The Labute approximate surface area is 154 Å². The average Bonchev–Trinajstić information content (AvgIpc) is 2.67. The van der Waals surface area contributed by atoms with Gasteiger partial charge in [-0.05, 0) is 32.4 Å². The number of hydrogen-bond acceptors (Lipinski definition) is 5. The highest BCUT2D eigenvalue weighted by molar-refractivity contribution is 5.81. The summed E-state index contributed by atoms with van der Waals surface area (Å²) in [6.07, 6.45) is 1.86. The molecule has 0 unspecified atom stereocenters. The van der Waals surface area contributed by atoms with Crippen LogP contribution in [-0.2, 0) is 17.8 Å². The molecule has 8 nitrogen and oxygen atoms in total. The highest BCUT2D eigenvalue weighted by Crippen LogP contribution is 2.18. The summed E-state index contributed by atoms with van der Waals surface area (Å²) in [7, 11) is 0. The van der Waals surface area contributed by atoms with E-state index in [0.29, 0.717) is 41.0 Å². The van der Waals surface area contributed by atoms with Crippen molar-refractivity contribution in [3.63, 3.8) is 0 Å². The maximum absolute atomic E-state index is 13.0. The van der Waals surface area contributed by atoms with Crippen LogP contribution in [-0.4, -0.2) is 36.9 Å². The molecule has 8 heteroatoms. The Balaban J connectivity index is 1.64. The van der Waals surface area contributed by atoms with Crippen molar-refractivity contribution in [1.29, 1.82) is 0 Å². The molecule has 0 radical (unpaired) electrons. The number of H-pyrrole nitrogens is 1. The maximum Gasteiger partial charge on any atom is 0.261 e. The largest absolute Gasteiger partial charge is 0.335 e. The molecule has 1 aliphatic heterocycles. The van der Waals surface area contributed by atoms with Gasteiger partial charge < -0.3 is 9.88 Å². The van der Waals surface area contributed by atoms with Gasteiger partial charge >= 0.3 is 0 Å². The van der Waals surface area contributed by atoms with E-state index in [-0.39, 0.29) is 23.6 Å². The molecule has 0 aliphatic carbocycles. The Morgan fingerprint density at radius 2 is 2.04 bits per heavy atom. The molecule has 4 rings (SSSR count). The van der Waals surface area contributed by atoms with Gasteiger partial charge in [0.2, 0.25) is 5.91 Å². The first-order valence-corrected chi connectivity index (χ1v) is 8.79. The number of aromatic nitrogens is 4. The van der Waals surface area contributed by atoms with E-state index in [1.54, 1.807) is 36.9 Å². The van der Waals surface area contributed by atoms with Crippen LogP contribution in [0.3, 0.4) is 0 Å². The number of rotatable bonds is 2. The molecule has 0 fully saturated rings. The molecule has 27 heavy (non-hydrogen) atoms. The molecule has 3 aromatic rings. The van der Waals surface area contributed by atoms with Crippen LogP contribution < -0.4 is 11.1 Å². The van der Waals surface area contributed by atoms with Crippen LogP contribution >= 0.6 is 0 Å². The Hall–Kier alpha value is -3.29. The topological polar surface area (TPSA) is 101 Å². The Morgan fingerprint density at radius 3 is 2.85 bits per heavy atom. The third kappa shape index (κ3) is 2.92. The van der Waals surface area contributed by atoms with Crippen molar-refractivity contribution in [2.45, 2.75) is 32.9 Å². The van der Waals surface area contributed by atoms with Crippen molar-refractivity contribution in [3.8, 4) is 0 Å². The van der Waals surface area contributed by atoms with Crippen molar-refractivity contribution in [3.05, 3.63) is 68.4 Å². The van der Waals surface area contributed by atoms with Crippen LogP contribution in [0.1, 0.15) is 30.0 Å². The summed E-state index contributed by atoms with van der Waals surface area (Å²) in [5.41, 5.74) is 1.45. The molecule has 1 N–H and O–H groups in total. The summed E-state index contributed by atoms with van der Waals surface area (Å²) in [6.45, 7) is 4.08. The van der Waals surface area contributed by atoms with Gasteiger partial charge in [0.1, 0.15) is 11.9 Å². The third-order valence-electron chi connectivity index (χ3n) is 4.97. The first-order chi connectivity index (χ1) is 13.0. The monoisotopic (exact) mass is 365 g/mol. The minimum absolute atomic E-state index is 0.146. The minimum atomic E-state index is -0.695. The molecule has 0 spiro atoms.